The number of hydrogen-bond acceptors (Lipinski definition) is 6. The average molecular weight is 533 g/mol. The average Bonchev–Trinajstić information content (AvgIpc) is 3.16. The van der Waals surface area contributed by atoms with Gasteiger partial charge in [0.15, 0.2) is 17.5 Å². The van der Waals surface area contributed by atoms with Crippen LogP contribution in [0, 0.1) is 0 Å². The van der Waals surface area contributed by atoms with Gasteiger partial charge in [-0.15, -0.1) is 24.0 Å². The van der Waals surface area contributed by atoms with Crippen LogP contribution < -0.4 is 24.8 Å². The molecule has 0 bridgehead atoms. The van der Waals surface area contributed by atoms with Gasteiger partial charge < -0.3 is 30.0 Å². The predicted molar refractivity (Wildman–Crippen MR) is 127 cm³/mol. The van der Waals surface area contributed by atoms with Crippen LogP contribution in [0.4, 0.5) is 0 Å². The molecule has 0 amide bonds. The van der Waals surface area contributed by atoms with E-state index in [1.54, 1.807) is 45.3 Å². The van der Waals surface area contributed by atoms with Crippen molar-refractivity contribution in [3.05, 3.63) is 35.7 Å². The molecular weight excluding hydrogens is 501 g/mol. The van der Waals surface area contributed by atoms with Crippen LogP contribution in [0.3, 0.4) is 0 Å². The summed E-state index contributed by atoms with van der Waals surface area (Å²) >= 11 is 0. The van der Waals surface area contributed by atoms with E-state index in [0.717, 1.165) is 11.1 Å². The molecule has 0 aliphatic carbocycles. The van der Waals surface area contributed by atoms with Crippen LogP contribution in [0.1, 0.15) is 25.0 Å². The Bertz CT molecular complexity index is 813. The fourth-order valence-corrected chi connectivity index (χ4v) is 2.80. The molecule has 1 aromatic heterocycles. The molecule has 0 fully saturated rings. The molecule has 0 spiro atoms. The lowest BCUT2D eigenvalue weighted by atomic mass is 10.00. The van der Waals surface area contributed by atoms with Gasteiger partial charge in [-0.3, -0.25) is 4.68 Å². The summed E-state index contributed by atoms with van der Waals surface area (Å²) in [6, 6.07) is 3.72. The third kappa shape index (κ3) is 6.66. The minimum Gasteiger partial charge on any atom is -0.493 e. The summed E-state index contributed by atoms with van der Waals surface area (Å²) in [5.41, 5.74) is 0.542. The van der Waals surface area contributed by atoms with E-state index < -0.39 is 5.60 Å². The van der Waals surface area contributed by atoms with E-state index in [1.807, 2.05) is 26.1 Å². The first-order valence-electron chi connectivity index (χ1n) is 9.37. The molecule has 1 heterocycles. The van der Waals surface area contributed by atoms with Crippen molar-refractivity contribution in [1.29, 1.82) is 0 Å². The number of nitrogens with zero attached hydrogens (tertiary/aromatic N) is 3. The lowest BCUT2D eigenvalue weighted by molar-refractivity contribution is 0.0616. The quantitative estimate of drug-likeness (QED) is 0.258. The Morgan fingerprint density at radius 1 is 1.17 bits per heavy atom. The minimum atomic E-state index is -1.09. The molecular formula is C20H32IN5O4. The Morgan fingerprint density at radius 2 is 1.80 bits per heavy atom. The van der Waals surface area contributed by atoms with Crippen LogP contribution in [-0.2, 0) is 19.2 Å². The molecule has 2 aromatic rings. The fourth-order valence-electron chi connectivity index (χ4n) is 2.80. The second-order valence-electron chi connectivity index (χ2n) is 6.76. The molecule has 1 unspecified atom stereocenters. The van der Waals surface area contributed by atoms with E-state index in [0.29, 0.717) is 36.3 Å². The zero-order chi connectivity index (χ0) is 21.4. The van der Waals surface area contributed by atoms with Crippen molar-refractivity contribution >= 4 is 29.9 Å². The molecule has 1 atom stereocenters. The summed E-state index contributed by atoms with van der Waals surface area (Å²) in [7, 11) is 6.54. The van der Waals surface area contributed by atoms with E-state index in [4.69, 9.17) is 14.2 Å². The van der Waals surface area contributed by atoms with Crippen LogP contribution >= 0.6 is 24.0 Å². The van der Waals surface area contributed by atoms with Crippen molar-refractivity contribution in [2.75, 3.05) is 34.4 Å². The summed E-state index contributed by atoms with van der Waals surface area (Å²) in [4.78, 5) is 4.60. The first-order valence-corrected chi connectivity index (χ1v) is 9.37. The Labute approximate surface area is 194 Å². The van der Waals surface area contributed by atoms with Crippen LogP contribution in [0.25, 0.3) is 0 Å². The van der Waals surface area contributed by atoms with Gasteiger partial charge in [0.1, 0.15) is 5.60 Å². The van der Waals surface area contributed by atoms with E-state index in [2.05, 4.69) is 20.7 Å². The van der Waals surface area contributed by atoms with Gasteiger partial charge in [-0.25, -0.2) is 4.99 Å². The van der Waals surface area contributed by atoms with E-state index in [-0.39, 0.29) is 30.5 Å². The van der Waals surface area contributed by atoms with Gasteiger partial charge in [0.05, 0.1) is 40.6 Å². The molecule has 9 nitrogen and oxygen atoms in total. The Morgan fingerprint density at radius 3 is 2.27 bits per heavy atom. The fraction of sp³-hybridized carbons (Fsp3) is 0.500. The molecule has 2 rings (SSSR count). The standard InChI is InChI=1S/C20H31N5O4.HI/c1-7-21-19(23-13-20(2,26)15-11-24-25(3)12-15)22-10-14-8-16(27-4)18(29-6)17(9-14)28-5;/h8-9,11-12,26H,7,10,13H2,1-6H3,(H2,21,22,23);1H. The van der Waals surface area contributed by atoms with Gasteiger partial charge in [0.25, 0.3) is 0 Å². The maximum atomic E-state index is 10.8. The lowest BCUT2D eigenvalue weighted by Gasteiger charge is -2.23. The summed E-state index contributed by atoms with van der Waals surface area (Å²) in [5, 5.41) is 21.2. The highest BCUT2D eigenvalue weighted by Crippen LogP contribution is 2.38. The molecule has 0 aliphatic heterocycles. The van der Waals surface area contributed by atoms with Crippen molar-refractivity contribution in [3.63, 3.8) is 0 Å². The highest BCUT2D eigenvalue weighted by Gasteiger charge is 2.25. The minimum absolute atomic E-state index is 0. The molecule has 0 radical (unpaired) electrons. The topological polar surface area (TPSA) is 102 Å². The van der Waals surface area contributed by atoms with Crippen LogP contribution in [0.2, 0.25) is 0 Å². The van der Waals surface area contributed by atoms with Crippen molar-refractivity contribution < 1.29 is 19.3 Å². The third-order valence-corrected chi connectivity index (χ3v) is 4.42. The van der Waals surface area contributed by atoms with E-state index in [9.17, 15) is 5.11 Å². The highest BCUT2D eigenvalue weighted by atomic mass is 127. The Balaban J connectivity index is 0.00000450. The monoisotopic (exact) mass is 533 g/mol. The molecule has 30 heavy (non-hydrogen) atoms. The zero-order valence-electron chi connectivity index (χ0n) is 18.4. The number of aryl methyl sites for hydroxylation is 1. The van der Waals surface area contributed by atoms with Crippen LogP contribution in [0.15, 0.2) is 29.5 Å². The summed E-state index contributed by atoms with van der Waals surface area (Å²) in [5.74, 6) is 2.29. The van der Waals surface area contributed by atoms with Gasteiger partial charge in [-0.2, -0.15) is 5.10 Å². The van der Waals surface area contributed by atoms with Gasteiger partial charge in [-0.05, 0) is 31.5 Å². The molecule has 168 valence electrons. The number of benzene rings is 1. The second-order valence-corrected chi connectivity index (χ2v) is 6.76. The number of hydrogen-bond donors (Lipinski definition) is 3. The van der Waals surface area contributed by atoms with Gasteiger partial charge >= 0.3 is 0 Å². The Hall–Kier alpha value is -2.21. The number of methoxy groups -OCH3 is 3. The molecule has 0 aliphatic rings. The zero-order valence-corrected chi connectivity index (χ0v) is 20.7. The number of ether oxygens (including phenoxy) is 3. The van der Waals surface area contributed by atoms with Crippen molar-refractivity contribution in [2.45, 2.75) is 26.0 Å². The second kappa shape index (κ2) is 11.8. The molecule has 3 N–H and O–H groups in total. The summed E-state index contributed by atoms with van der Waals surface area (Å²) in [6.45, 7) is 5.08. The number of halogens is 1. The number of aliphatic imine (C=N–C) groups is 1. The van der Waals surface area contributed by atoms with Gasteiger partial charge in [0, 0.05) is 25.4 Å². The normalized spacial score (nSPS) is 13.1. The van der Waals surface area contributed by atoms with Crippen molar-refractivity contribution in [2.24, 2.45) is 12.0 Å². The van der Waals surface area contributed by atoms with Crippen LogP contribution in [-0.4, -0.2) is 55.3 Å². The highest BCUT2D eigenvalue weighted by molar-refractivity contribution is 14.0. The molecule has 10 heteroatoms. The first kappa shape index (κ1) is 25.8. The summed E-state index contributed by atoms with van der Waals surface area (Å²) in [6.07, 6.45) is 3.45. The number of nitrogens with one attached hydrogen (secondary N) is 2. The maximum Gasteiger partial charge on any atom is 0.203 e. The molecule has 1 aromatic carbocycles. The maximum absolute atomic E-state index is 10.8. The molecule has 0 saturated heterocycles. The number of rotatable bonds is 9. The van der Waals surface area contributed by atoms with Gasteiger partial charge in [0.2, 0.25) is 5.75 Å². The third-order valence-electron chi connectivity index (χ3n) is 4.42. The van der Waals surface area contributed by atoms with Crippen molar-refractivity contribution in [3.8, 4) is 17.2 Å². The lowest BCUT2D eigenvalue weighted by Crippen LogP contribution is -2.44. The summed E-state index contributed by atoms with van der Waals surface area (Å²) < 4.78 is 17.8. The number of aromatic nitrogens is 2. The van der Waals surface area contributed by atoms with E-state index in [1.165, 1.54) is 0 Å². The smallest absolute Gasteiger partial charge is 0.203 e. The number of aliphatic hydroxyl groups is 1. The van der Waals surface area contributed by atoms with Gasteiger partial charge in [-0.1, -0.05) is 0 Å². The molecule has 0 saturated carbocycles. The first-order chi connectivity index (χ1) is 13.8. The number of guanidine groups is 1. The van der Waals surface area contributed by atoms with Crippen LogP contribution in [0.5, 0.6) is 17.2 Å². The van der Waals surface area contributed by atoms with Crippen molar-refractivity contribution in [1.82, 2.24) is 20.4 Å². The van der Waals surface area contributed by atoms with E-state index >= 15 is 0 Å². The predicted octanol–water partition coefficient (Wildman–Crippen LogP) is 2.03. The Kier molecular flexibility index (Phi) is 10.2. The largest absolute Gasteiger partial charge is 0.493 e. The SMILES string of the molecule is CCNC(=NCc1cc(OC)c(OC)c(OC)c1)NCC(C)(O)c1cnn(C)c1.I.